The molecule has 8 heteroatoms. The van der Waals surface area contributed by atoms with Crippen LogP contribution in [0.1, 0.15) is 5.56 Å². The van der Waals surface area contributed by atoms with E-state index in [0.717, 1.165) is 24.3 Å². The van der Waals surface area contributed by atoms with Crippen LogP contribution in [0.2, 0.25) is 0 Å². The van der Waals surface area contributed by atoms with Gasteiger partial charge in [-0.25, -0.2) is 13.2 Å². The van der Waals surface area contributed by atoms with Crippen molar-refractivity contribution in [3.63, 3.8) is 0 Å². The molecule has 2 aromatic rings. The Morgan fingerprint density at radius 3 is 2.43 bits per heavy atom. The van der Waals surface area contributed by atoms with Crippen molar-refractivity contribution in [3.05, 3.63) is 67.0 Å². The highest BCUT2D eigenvalue weighted by molar-refractivity contribution is 14.1. The summed E-state index contributed by atoms with van der Waals surface area (Å²) >= 11 is 1.65. The minimum atomic E-state index is -1.02. The van der Waals surface area contributed by atoms with Crippen LogP contribution in [0.15, 0.2) is 30.3 Å². The van der Waals surface area contributed by atoms with Gasteiger partial charge in [0.25, 0.3) is 5.69 Å². The molecule has 0 aromatic heterocycles. The Bertz CT molecular complexity index is 710. The third-order valence-electron chi connectivity index (χ3n) is 2.70. The van der Waals surface area contributed by atoms with Crippen LogP contribution in [0, 0.1) is 31.1 Å². The molecule has 0 heterocycles. The van der Waals surface area contributed by atoms with Crippen LogP contribution in [0.4, 0.5) is 24.5 Å². The first-order chi connectivity index (χ1) is 9.88. The lowest BCUT2D eigenvalue weighted by molar-refractivity contribution is -0.384. The molecule has 4 nitrogen and oxygen atoms in total. The average Bonchev–Trinajstić information content (AvgIpc) is 2.43. The minimum absolute atomic E-state index is 0.00191. The zero-order chi connectivity index (χ0) is 15.6. The average molecular weight is 408 g/mol. The maximum atomic E-state index is 13.5. The number of rotatable bonds is 4. The molecule has 0 saturated carbocycles. The second-order valence-corrected chi connectivity index (χ2v) is 5.30. The van der Waals surface area contributed by atoms with E-state index in [4.69, 9.17) is 0 Å². The van der Waals surface area contributed by atoms with Gasteiger partial charge in [-0.05, 0) is 40.3 Å². The van der Waals surface area contributed by atoms with Crippen LogP contribution >= 0.6 is 22.6 Å². The molecule has 0 unspecified atom stereocenters. The minimum Gasteiger partial charge on any atom is -0.375 e. The standard InChI is InChI=1S/C13H8F3IN2O2/c14-8-2-1-7(3-9(8)15)6-18-12-4-10(16)11(17)5-13(12)19(20)21/h1-5,18H,6H2. The number of benzene rings is 2. The molecule has 0 radical (unpaired) electrons. The number of nitrogens with one attached hydrogen (secondary N) is 1. The maximum Gasteiger partial charge on any atom is 0.293 e. The summed E-state index contributed by atoms with van der Waals surface area (Å²) in [5.41, 5.74) is 0.0631. The lowest BCUT2D eigenvalue weighted by Gasteiger charge is -2.08. The highest BCUT2D eigenvalue weighted by Crippen LogP contribution is 2.29. The summed E-state index contributed by atoms with van der Waals surface area (Å²) in [6, 6.07) is 5.36. The molecule has 0 aliphatic heterocycles. The lowest BCUT2D eigenvalue weighted by atomic mass is 10.2. The van der Waals surface area contributed by atoms with E-state index in [1.807, 2.05) is 0 Å². The molecule has 0 aliphatic rings. The van der Waals surface area contributed by atoms with Crippen molar-refractivity contribution in [1.29, 1.82) is 0 Å². The number of nitro groups is 1. The number of hydrogen-bond donors (Lipinski definition) is 1. The molecule has 2 rings (SSSR count). The second-order valence-electron chi connectivity index (χ2n) is 4.14. The molecular weight excluding hydrogens is 400 g/mol. The van der Waals surface area contributed by atoms with Gasteiger partial charge in [-0.3, -0.25) is 10.1 Å². The van der Waals surface area contributed by atoms with Gasteiger partial charge >= 0.3 is 0 Å². The molecule has 0 amide bonds. The van der Waals surface area contributed by atoms with E-state index >= 15 is 0 Å². The van der Waals surface area contributed by atoms with E-state index in [1.165, 1.54) is 6.07 Å². The van der Waals surface area contributed by atoms with Gasteiger partial charge in [0.05, 0.1) is 8.49 Å². The van der Waals surface area contributed by atoms with Gasteiger partial charge in [0.1, 0.15) is 11.5 Å². The van der Waals surface area contributed by atoms with Crippen LogP contribution in [-0.2, 0) is 6.54 Å². The van der Waals surface area contributed by atoms with Crippen molar-refractivity contribution >= 4 is 34.0 Å². The topological polar surface area (TPSA) is 55.2 Å². The fourth-order valence-corrected chi connectivity index (χ4v) is 2.13. The molecule has 0 aliphatic carbocycles. The number of anilines is 1. The van der Waals surface area contributed by atoms with Crippen molar-refractivity contribution in [2.24, 2.45) is 0 Å². The molecule has 0 bridgehead atoms. The van der Waals surface area contributed by atoms with E-state index < -0.39 is 22.4 Å². The summed E-state index contributed by atoms with van der Waals surface area (Å²) < 4.78 is 39.5. The molecule has 21 heavy (non-hydrogen) atoms. The Labute approximate surface area is 131 Å². The van der Waals surface area contributed by atoms with Gasteiger partial charge < -0.3 is 5.32 Å². The predicted molar refractivity (Wildman–Crippen MR) is 79.5 cm³/mol. The van der Waals surface area contributed by atoms with E-state index in [9.17, 15) is 23.3 Å². The Kier molecular flexibility index (Phi) is 4.66. The lowest BCUT2D eigenvalue weighted by Crippen LogP contribution is -2.04. The number of nitro benzene ring substituents is 1. The monoisotopic (exact) mass is 408 g/mol. The van der Waals surface area contributed by atoms with E-state index in [-0.39, 0.29) is 21.5 Å². The highest BCUT2D eigenvalue weighted by Gasteiger charge is 2.17. The van der Waals surface area contributed by atoms with Crippen molar-refractivity contribution < 1.29 is 18.1 Å². The highest BCUT2D eigenvalue weighted by atomic mass is 127. The molecule has 0 spiro atoms. The summed E-state index contributed by atoms with van der Waals surface area (Å²) in [6.07, 6.45) is 0. The number of nitrogens with zero attached hydrogens (tertiary/aromatic N) is 1. The van der Waals surface area contributed by atoms with E-state index in [2.05, 4.69) is 5.32 Å². The molecule has 1 N–H and O–H groups in total. The smallest absolute Gasteiger partial charge is 0.293 e. The summed E-state index contributed by atoms with van der Waals surface area (Å²) in [4.78, 5) is 10.3. The fourth-order valence-electron chi connectivity index (χ4n) is 1.68. The van der Waals surface area contributed by atoms with Crippen LogP contribution in [0.3, 0.4) is 0 Å². The molecule has 2 aromatic carbocycles. The quantitative estimate of drug-likeness (QED) is 0.468. The Balaban J connectivity index is 2.24. The SMILES string of the molecule is O=[N+]([O-])c1cc(I)c(F)cc1NCc1ccc(F)c(F)c1. The fraction of sp³-hybridized carbons (Fsp3) is 0.0769. The predicted octanol–water partition coefficient (Wildman–Crippen LogP) is 4.23. The zero-order valence-corrected chi connectivity index (χ0v) is 12.5. The van der Waals surface area contributed by atoms with Gasteiger partial charge in [0.15, 0.2) is 11.6 Å². The zero-order valence-electron chi connectivity index (χ0n) is 10.4. The summed E-state index contributed by atoms with van der Waals surface area (Å²) in [6.45, 7) is -0.00191. The largest absolute Gasteiger partial charge is 0.375 e. The van der Waals surface area contributed by atoms with Gasteiger partial charge in [0, 0.05) is 18.7 Å². The summed E-state index contributed by atoms with van der Waals surface area (Å²) in [5, 5.41) is 13.6. The van der Waals surface area contributed by atoms with Gasteiger partial charge in [-0.1, -0.05) is 6.07 Å². The van der Waals surface area contributed by atoms with Crippen molar-refractivity contribution in [2.45, 2.75) is 6.54 Å². The van der Waals surface area contributed by atoms with Crippen LogP contribution in [0.5, 0.6) is 0 Å². The Morgan fingerprint density at radius 1 is 1.10 bits per heavy atom. The first kappa shape index (κ1) is 15.5. The summed E-state index contributed by atoms with van der Waals surface area (Å²) in [7, 11) is 0. The Hall–Kier alpha value is -1.84. The normalized spacial score (nSPS) is 10.5. The van der Waals surface area contributed by atoms with Gasteiger partial charge in [-0.15, -0.1) is 0 Å². The van der Waals surface area contributed by atoms with Crippen LogP contribution in [0.25, 0.3) is 0 Å². The van der Waals surface area contributed by atoms with Gasteiger partial charge in [0.2, 0.25) is 0 Å². The van der Waals surface area contributed by atoms with Crippen molar-refractivity contribution in [2.75, 3.05) is 5.32 Å². The third kappa shape index (κ3) is 3.63. The van der Waals surface area contributed by atoms with E-state index in [1.54, 1.807) is 22.6 Å². The van der Waals surface area contributed by atoms with Crippen LogP contribution in [-0.4, -0.2) is 4.92 Å². The molecular formula is C13H8F3IN2O2. The third-order valence-corrected chi connectivity index (χ3v) is 3.53. The molecule has 0 saturated heterocycles. The maximum absolute atomic E-state index is 13.5. The molecule has 110 valence electrons. The molecule has 0 atom stereocenters. The van der Waals surface area contributed by atoms with Crippen molar-refractivity contribution in [1.82, 2.24) is 0 Å². The molecule has 0 fully saturated rings. The number of halogens is 4. The van der Waals surface area contributed by atoms with Gasteiger partial charge in [-0.2, -0.15) is 0 Å². The number of hydrogen-bond acceptors (Lipinski definition) is 3. The van der Waals surface area contributed by atoms with E-state index in [0.29, 0.717) is 5.56 Å². The van der Waals surface area contributed by atoms with Crippen LogP contribution < -0.4 is 5.32 Å². The Morgan fingerprint density at radius 2 is 1.81 bits per heavy atom. The summed E-state index contributed by atoms with van der Waals surface area (Å²) in [5.74, 6) is -2.60. The van der Waals surface area contributed by atoms with Crippen molar-refractivity contribution in [3.8, 4) is 0 Å². The first-order valence-electron chi connectivity index (χ1n) is 5.69. The second kappa shape index (κ2) is 6.29. The first-order valence-corrected chi connectivity index (χ1v) is 6.77.